The largest absolute Gasteiger partial charge is 0.429 e. The smallest absolute Gasteiger partial charge is 0.301 e. The molecule has 2 rings (SSSR count). The average molecular weight is 221 g/mol. The summed E-state index contributed by atoms with van der Waals surface area (Å²) in [5.41, 5.74) is -0.106. The molecule has 0 fully saturated rings. The van der Waals surface area contributed by atoms with Crippen LogP contribution in [0.25, 0.3) is 0 Å². The lowest BCUT2D eigenvalue weighted by atomic mass is 10.2. The van der Waals surface area contributed by atoms with Crippen molar-refractivity contribution in [3.05, 3.63) is 41.8 Å². The van der Waals surface area contributed by atoms with Gasteiger partial charge in [-0.2, -0.15) is 0 Å². The van der Waals surface area contributed by atoms with Crippen LogP contribution in [0.4, 0.5) is 10.4 Å². The van der Waals surface area contributed by atoms with Crippen LogP contribution in [-0.4, -0.2) is 15.9 Å². The molecule has 0 aliphatic heterocycles. The molecule has 2 heterocycles. The van der Waals surface area contributed by atoms with E-state index in [1.807, 2.05) is 0 Å². The number of amides is 1. The predicted molar refractivity (Wildman–Crippen MR) is 53.4 cm³/mol. The Balaban J connectivity index is 2.18. The van der Waals surface area contributed by atoms with Gasteiger partial charge >= 0.3 is 6.01 Å². The maximum absolute atomic E-state index is 13.2. The standard InChI is InChI=1S/C10H8FN3O2/c1-6-4-13-10(16-6)14-9(15)7-2-3-12-5-8(7)11/h2-5H,1H3,(H,13,14,15). The third-order valence-electron chi connectivity index (χ3n) is 1.86. The zero-order valence-corrected chi connectivity index (χ0v) is 8.40. The lowest BCUT2D eigenvalue weighted by molar-refractivity contribution is 0.102. The molecule has 0 aromatic carbocycles. The van der Waals surface area contributed by atoms with Crippen LogP contribution >= 0.6 is 0 Å². The fourth-order valence-corrected chi connectivity index (χ4v) is 1.14. The highest BCUT2D eigenvalue weighted by atomic mass is 19.1. The van der Waals surface area contributed by atoms with Crippen LogP contribution in [0.1, 0.15) is 16.1 Å². The zero-order chi connectivity index (χ0) is 11.5. The van der Waals surface area contributed by atoms with Crippen molar-refractivity contribution in [1.82, 2.24) is 9.97 Å². The first kappa shape index (κ1) is 10.3. The van der Waals surface area contributed by atoms with Crippen LogP contribution in [0.5, 0.6) is 0 Å². The van der Waals surface area contributed by atoms with E-state index in [0.29, 0.717) is 5.76 Å². The minimum absolute atomic E-state index is 0.0405. The number of carbonyl (C=O) groups is 1. The number of rotatable bonds is 2. The van der Waals surface area contributed by atoms with Crippen molar-refractivity contribution in [2.45, 2.75) is 6.92 Å². The molecule has 0 saturated heterocycles. The van der Waals surface area contributed by atoms with E-state index in [0.717, 1.165) is 6.20 Å². The lowest BCUT2D eigenvalue weighted by Crippen LogP contribution is -2.14. The van der Waals surface area contributed by atoms with Crippen LogP contribution in [-0.2, 0) is 0 Å². The van der Waals surface area contributed by atoms with Crippen molar-refractivity contribution in [3.63, 3.8) is 0 Å². The monoisotopic (exact) mass is 221 g/mol. The first-order valence-corrected chi connectivity index (χ1v) is 4.50. The number of aryl methyl sites for hydroxylation is 1. The van der Waals surface area contributed by atoms with Gasteiger partial charge in [0.2, 0.25) is 0 Å². The first-order valence-electron chi connectivity index (χ1n) is 4.50. The second-order valence-electron chi connectivity index (χ2n) is 3.09. The van der Waals surface area contributed by atoms with Crippen molar-refractivity contribution in [2.75, 3.05) is 5.32 Å². The fraction of sp³-hybridized carbons (Fsp3) is 0.100. The Morgan fingerprint density at radius 1 is 1.50 bits per heavy atom. The van der Waals surface area contributed by atoms with E-state index in [4.69, 9.17) is 4.42 Å². The minimum Gasteiger partial charge on any atom is -0.429 e. The van der Waals surface area contributed by atoms with E-state index < -0.39 is 11.7 Å². The molecular formula is C10H8FN3O2. The van der Waals surface area contributed by atoms with Crippen molar-refractivity contribution < 1.29 is 13.6 Å². The molecule has 0 bridgehead atoms. The molecule has 1 N–H and O–H groups in total. The Labute approximate surface area is 90.3 Å². The van der Waals surface area contributed by atoms with Gasteiger partial charge in [0.1, 0.15) is 5.76 Å². The number of nitrogens with one attached hydrogen (secondary N) is 1. The summed E-state index contributed by atoms with van der Waals surface area (Å²) in [5, 5.41) is 2.34. The lowest BCUT2D eigenvalue weighted by Gasteiger charge is -2.01. The van der Waals surface area contributed by atoms with Crippen LogP contribution in [0, 0.1) is 12.7 Å². The fourth-order valence-electron chi connectivity index (χ4n) is 1.14. The summed E-state index contributed by atoms with van der Waals surface area (Å²) in [4.78, 5) is 18.9. The number of hydrogen-bond acceptors (Lipinski definition) is 4. The summed E-state index contributed by atoms with van der Waals surface area (Å²) in [6.07, 6.45) is 3.76. The van der Waals surface area contributed by atoms with E-state index in [9.17, 15) is 9.18 Å². The summed E-state index contributed by atoms with van der Waals surface area (Å²) in [6, 6.07) is 1.32. The zero-order valence-electron chi connectivity index (χ0n) is 8.40. The van der Waals surface area contributed by atoms with Crippen LogP contribution in [0.15, 0.2) is 29.1 Å². The number of carbonyl (C=O) groups excluding carboxylic acids is 1. The highest BCUT2D eigenvalue weighted by molar-refractivity contribution is 6.03. The Morgan fingerprint density at radius 3 is 2.94 bits per heavy atom. The Hall–Kier alpha value is -2.24. The summed E-state index contributed by atoms with van der Waals surface area (Å²) in [6.45, 7) is 1.69. The molecule has 2 aromatic heterocycles. The van der Waals surface area contributed by atoms with E-state index in [1.54, 1.807) is 6.92 Å². The maximum atomic E-state index is 13.2. The van der Waals surface area contributed by atoms with Gasteiger partial charge in [-0.05, 0) is 13.0 Å². The topological polar surface area (TPSA) is 68.0 Å². The molecule has 2 aromatic rings. The summed E-state index contributed by atoms with van der Waals surface area (Å²) in [7, 11) is 0. The molecule has 0 atom stereocenters. The van der Waals surface area contributed by atoms with Crippen molar-refractivity contribution in [3.8, 4) is 0 Å². The molecule has 6 heteroatoms. The van der Waals surface area contributed by atoms with Crippen LogP contribution < -0.4 is 5.32 Å². The molecule has 0 unspecified atom stereocenters. The second kappa shape index (κ2) is 4.09. The molecular weight excluding hydrogens is 213 g/mol. The third kappa shape index (κ3) is 2.05. The molecule has 0 spiro atoms. The number of oxazole rings is 1. The number of anilines is 1. The minimum atomic E-state index is -0.691. The van der Waals surface area contributed by atoms with Crippen molar-refractivity contribution in [1.29, 1.82) is 0 Å². The Kier molecular flexibility index (Phi) is 2.63. The third-order valence-corrected chi connectivity index (χ3v) is 1.86. The van der Waals surface area contributed by atoms with Gasteiger partial charge in [-0.1, -0.05) is 0 Å². The number of hydrogen-bond donors (Lipinski definition) is 1. The van der Waals surface area contributed by atoms with Crippen molar-refractivity contribution >= 4 is 11.9 Å². The quantitative estimate of drug-likeness (QED) is 0.839. The number of pyridine rings is 1. The van der Waals surface area contributed by atoms with Gasteiger partial charge in [0.15, 0.2) is 5.82 Å². The molecule has 0 radical (unpaired) electrons. The van der Waals surface area contributed by atoms with E-state index >= 15 is 0 Å². The van der Waals surface area contributed by atoms with Gasteiger partial charge in [0, 0.05) is 6.20 Å². The molecule has 0 aliphatic rings. The average Bonchev–Trinajstić information content (AvgIpc) is 2.64. The van der Waals surface area contributed by atoms with E-state index in [-0.39, 0.29) is 11.6 Å². The normalized spacial score (nSPS) is 10.1. The molecule has 5 nitrogen and oxygen atoms in total. The van der Waals surface area contributed by atoms with Crippen molar-refractivity contribution in [2.24, 2.45) is 0 Å². The molecule has 82 valence electrons. The number of aromatic nitrogens is 2. The molecule has 1 amide bonds. The van der Waals surface area contributed by atoms with Gasteiger partial charge in [-0.15, -0.1) is 0 Å². The Morgan fingerprint density at radius 2 is 2.31 bits per heavy atom. The van der Waals surface area contributed by atoms with Gasteiger partial charge in [-0.25, -0.2) is 9.37 Å². The highest BCUT2D eigenvalue weighted by Gasteiger charge is 2.13. The van der Waals surface area contributed by atoms with Crippen LogP contribution in [0.3, 0.4) is 0 Å². The predicted octanol–water partition coefficient (Wildman–Crippen LogP) is 1.77. The van der Waals surface area contributed by atoms with Gasteiger partial charge in [-0.3, -0.25) is 15.1 Å². The summed E-state index contributed by atoms with van der Waals surface area (Å²) < 4.78 is 18.2. The SMILES string of the molecule is Cc1cnc(NC(=O)c2ccncc2F)o1. The van der Waals surface area contributed by atoms with Gasteiger partial charge < -0.3 is 4.42 Å². The number of nitrogens with zero attached hydrogens (tertiary/aromatic N) is 2. The summed E-state index contributed by atoms with van der Waals surface area (Å²) in [5.74, 6) is -0.754. The number of halogens is 1. The highest BCUT2D eigenvalue weighted by Crippen LogP contribution is 2.10. The van der Waals surface area contributed by atoms with E-state index in [1.165, 1.54) is 18.5 Å². The molecule has 16 heavy (non-hydrogen) atoms. The van der Waals surface area contributed by atoms with Gasteiger partial charge in [0.25, 0.3) is 5.91 Å². The maximum Gasteiger partial charge on any atom is 0.301 e. The second-order valence-corrected chi connectivity index (χ2v) is 3.09. The van der Waals surface area contributed by atoms with Crippen LogP contribution in [0.2, 0.25) is 0 Å². The first-order chi connectivity index (χ1) is 7.66. The molecule has 0 saturated carbocycles. The van der Waals surface area contributed by atoms with E-state index in [2.05, 4.69) is 15.3 Å². The van der Waals surface area contributed by atoms with Gasteiger partial charge in [0.05, 0.1) is 18.0 Å². The Bertz CT molecular complexity index is 524. The summed E-state index contributed by atoms with van der Waals surface area (Å²) >= 11 is 0. The molecule has 0 aliphatic carbocycles.